The molecule has 0 spiro atoms. The average Bonchev–Trinajstić information content (AvgIpc) is 3.73. The molecule has 0 fully saturated rings. The van der Waals surface area contributed by atoms with Crippen LogP contribution in [0.5, 0.6) is 0 Å². The number of fused-ring (bicyclic) bond motifs is 3. The van der Waals surface area contributed by atoms with E-state index >= 15 is 0 Å². The summed E-state index contributed by atoms with van der Waals surface area (Å²) in [6, 6.07) is 38.7. The Morgan fingerprint density at radius 3 is 1.39 bits per heavy atom. The van der Waals surface area contributed by atoms with Gasteiger partial charge in [-0.1, -0.05) is 165 Å². The van der Waals surface area contributed by atoms with Crippen LogP contribution in [-0.4, -0.2) is 0 Å². The molecule has 0 unspecified atom stereocenters. The fourth-order valence-electron chi connectivity index (χ4n) is 6.93. The molecule has 49 heavy (non-hydrogen) atoms. The van der Waals surface area contributed by atoms with Gasteiger partial charge in [0.25, 0.3) is 0 Å². The Kier molecular flexibility index (Phi) is 11.6. The maximum absolute atomic E-state index is 4.70. The van der Waals surface area contributed by atoms with Crippen LogP contribution in [0.15, 0.2) is 122 Å². The quantitative estimate of drug-likeness (QED) is 0.118. The van der Waals surface area contributed by atoms with Crippen molar-refractivity contribution in [2.75, 3.05) is 9.80 Å². The molecule has 1 radical (unpaired) electrons. The number of nitrogens with zero attached hydrogens (tertiary/aromatic N) is 3. The van der Waals surface area contributed by atoms with Gasteiger partial charge in [0.15, 0.2) is 0 Å². The Morgan fingerprint density at radius 2 is 0.898 bits per heavy atom. The molecule has 6 aromatic rings. The van der Waals surface area contributed by atoms with E-state index in [4.69, 9.17) is 4.98 Å². The van der Waals surface area contributed by atoms with Gasteiger partial charge in [0.1, 0.15) is 0 Å². The number of hydrogen-bond donors (Lipinski definition) is 0. The van der Waals surface area contributed by atoms with Gasteiger partial charge in [-0.2, -0.15) is 0 Å². The van der Waals surface area contributed by atoms with E-state index in [1.807, 2.05) is 12.1 Å². The van der Waals surface area contributed by atoms with Gasteiger partial charge in [0.05, 0.1) is 0 Å². The molecule has 7 rings (SSSR count). The summed E-state index contributed by atoms with van der Waals surface area (Å²) in [7, 11) is 0. The summed E-state index contributed by atoms with van der Waals surface area (Å²) < 4.78 is 0. The third-order valence-corrected chi connectivity index (χ3v) is 9.38. The molecule has 0 amide bonds. The van der Waals surface area contributed by atoms with E-state index in [-0.39, 0.29) is 22.4 Å². The molecule has 2 heterocycles. The normalized spacial score (nSPS) is 12.8. The predicted molar refractivity (Wildman–Crippen MR) is 208 cm³/mol. The molecule has 1 aliphatic rings. The number of aromatic nitrogens is 1. The van der Waals surface area contributed by atoms with Gasteiger partial charge >= 0.3 is 0 Å². The molecule has 5 aromatic carbocycles. The van der Waals surface area contributed by atoms with Crippen LogP contribution in [0, 0.1) is 6.67 Å². The van der Waals surface area contributed by atoms with E-state index in [0.717, 1.165) is 11.0 Å². The first-order chi connectivity index (χ1) is 23.2. The van der Waals surface area contributed by atoms with Gasteiger partial charge in [0.2, 0.25) is 0 Å². The van der Waals surface area contributed by atoms with E-state index in [1.165, 1.54) is 55.5 Å². The fraction of sp³-hybridized carbons (Fsp3) is 0.267. The van der Waals surface area contributed by atoms with E-state index in [0.29, 0.717) is 23.7 Å². The number of para-hydroxylation sites is 3. The van der Waals surface area contributed by atoms with E-state index in [9.17, 15) is 0 Å². The summed E-state index contributed by atoms with van der Waals surface area (Å²) in [5.41, 5.74) is 12.9. The van der Waals surface area contributed by atoms with Gasteiger partial charge in [-0.25, -0.2) is 0 Å². The summed E-state index contributed by atoms with van der Waals surface area (Å²) in [5, 5.41) is 2.49. The van der Waals surface area contributed by atoms with Crippen molar-refractivity contribution in [3.05, 3.63) is 151 Å². The number of anilines is 2. The Balaban J connectivity index is 0.000000202. The zero-order valence-electron chi connectivity index (χ0n) is 30.1. The minimum absolute atomic E-state index is 0. The molecular formula is C45H49AuN3-2. The average molecular weight is 829 g/mol. The molecular weight excluding hydrogens is 779 g/mol. The molecule has 0 atom stereocenters. The minimum Gasteiger partial charge on any atom is -0.657 e. The largest absolute Gasteiger partial charge is 0.657 e. The van der Waals surface area contributed by atoms with Crippen LogP contribution >= 0.6 is 0 Å². The van der Waals surface area contributed by atoms with Gasteiger partial charge in [0, 0.05) is 33.8 Å². The molecule has 0 saturated carbocycles. The van der Waals surface area contributed by atoms with Crippen molar-refractivity contribution in [3.63, 3.8) is 0 Å². The maximum atomic E-state index is 4.70. The van der Waals surface area contributed by atoms with E-state index < -0.39 is 0 Å². The van der Waals surface area contributed by atoms with Gasteiger partial charge < -0.3 is 14.8 Å². The van der Waals surface area contributed by atoms with Crippen LogP contribution in [0.4, 0.5) is 11.4 Å². The van der Waals surface area contributed by atoms with Crippen LogP contribution in [0.2, 0.25) is 0 Å². The Bertz CT molecular complexity index is 1910. The Hall–Kier alpha value is -4.02. The van der Waals surface area contributed by atoms with Crippen LogP contribution in [0.25, 0.3) is 32.9 Å². The smallest absolute Gasteiger partial charge is 0.0195 e. The Morgan fingerprint density at radius 1 is 0.469 bits per heavy atom. The molecule has 3 nitrogen and oxygen atoms in total. The van der Waals surface area contributed by atoms with Crippen LogP contribution < -0.4 is 14.8 Å². The first-order valence-corrected chi connectivity index (χ1v) is 17.5. The monoisotopic (exact) mass is 828 g/mol. The molecule has 257 valence electrons. The van der Waals surface area contributed by atoms with E-state index in [1.54, 1.807) is 0 Å². The first kappa shape index (κ1) is 36.3. The molecule has 0 aliphatic carbocycles. The predicted octanol–water partition coefficient (Wildman–Crippen LogP) is 12.7. The van der Waals surface area contributed by atoms with Gasteiger partial charge in [-0.05, 0) is 80.2 Å². The van der Waals surface area contributed by atoms with Gasteiger partial charge in [-0.15, -0.1) is 17.7 Å². The second-order valence-electron chi connectivity index (χ2n) is 14.1. The summed E-state index contributed by atoms with van der Waals surface area (Å²) in [6.45, 7) is 20.5. The number of rotatable bonds is 7. The summed E-state index contributed by atoms with van der Waals surface area (Å²) in [4.78, 5) is 9.35. The van der Waals surface area contributed by atoms with Crippen molar-refractivity contribution < 1.29 is 22.4 Å². The topological polar surface area (TPSA) is 20.6 Å². The van der Waals surface area contributed by atoms with E-state index in [2.05, 4.69) is 181 Å². The molecule has 0 N–H and O–H groups in total. The second-order valence-corrected chi connectivity index (χ2v) is 14.1. The number of benzene rings is 5. The van der Waals surface area contributed by atoms with Crippen LogP contribution in [0.3, 0.4) is 0 Å². The van der Waals surface area contributed by atoms with Crippen molar-refractivity contribution in [1.29, 1.82) is 0 Å². The van der Waals surface area contributed by atoms with Crippen molar-refractivity contribution in [1.82, 2.24) is 4.98 Å². The van der Waals surface area contributed by atoms with Gasteiger partial charge in [-0.3, -0.25) is 0 Å². The van der Waals surface area contributed by atoms with Crippen LogP contribution in [0.1, 0.15) is 101 Å². The minimum atomic E-state index is 0. The summed E-state index contributed by atoms with van der Waals surface area (Å²) in [6.07, 6.45) is 4.43. The third kappa shape index (κ3) is 7.45. The molecule has 0 bridgehead atoms. The molecule has 1 aliphatic heterocycles. The number of hydrogen-bond acceptors (Lipinski definition) is 2. The maximum Gasteiger partial charge on any atom is 0.0195 e. The molecule has 0 saturated heterocycles. The van der Waals surface area contributed by atoms with Crippen molar-refractivity contribution in [2.24, 2.45) is 0 Å². The zero-order chi connectivity index (χ0) is 33.9. The molecule has 4 heteroatoms. The summed E-state index contributed by atoms with van der Waals surface area (Å²) >= 11 is 0. The first-order valence-electron chi connectivity index (χ1n) is 17.5. The standard InChI is InChI=1S/C27H37N2.C18H12N.Au/c1-18(2)22-11-9-12-23(19(3)4)26(22)28-15-16-29(17-28)27-24(20(5)6)13-10-14-25(27)21(7)8;1-2-7-13(8-3-1)14-10-6-12-17-18(14)15-9-4-5-11-16(15)19-17;/h9-21H,1-8H3;1-12H;/q2*-1;. The van der Waals surface area contributed by atoms with Crippen molar-refractivity contribution in [3.8, 4) is 11.1 Å². The molecule has 1 aromatic heterocycles. The van der Waals surface area contributed by atoms with Crippen molar-refractivity contribution >= 4 is 33.2 Å². The second kappa shape index (κ2) is 15.7. The Labute approximate surface area is 309 Å². The summed E-state index contributed by atoms with van der Waals surface area (Å²) in [5.74, 6) is 1.92. The zero-order valence-corrected chi connectivity index (χ0v) is 32.2. The fourth-order valence-corrected chi connectivity index (χ4v) is 6.93. The third-order valence-electron chi connectivity index (χ3n) is 9.38. The van der Waals surface area contributed by atoms with Crippen molar-refractivity contribution in [2.45, 2.75) is 79.1 Å². The SMILES string of the molecule is CC(C)c1cccc(C(C)C)c1N1C=CN(c2c(C(C)C)cccc2C(C)C)[CH-]1.[Au].c1ccc(-c2cccc3[n-]c4ccccc4c23)cc1. The van der Waals surface area contributed by atoms with Crippen LogP contribution in [-0.2, 0) is 22.4 Å².